The van der Waals surface area contributed by atoms with Crippen LogP contribution in [0.1, 0.15) is 32.4 Å². The first-order valence-electron chi connectivity index (χ1n) is 11.3. The second-order valence-electron chi connectivity index (χ2n) is 8.76. The number of anilines is 1. The number of carbonyl (C=O) groups is 2. The topological polar surface area (TPSA) is 62.3 Å². The molecule has 2 aliphatic heterocycles. The van der Waals surface area contributed by atoms with Crippen LogP contribution in [-0.2, 0) is 9.53 Å². The van der Waals surface area contributed by atoms with Gasteiger partial charge in [-0.1, -0.05) is 23.7 Å². The number of ether oxygens (including phenoxy) is 2. The third kappa shape index (κ3) is 5.42. The van der Waals surface area contributed by atoms with E-state index in [1.807, 2.05) is 55.1 Å². The number of amides is 2. The molecule has 2 fully saturated rings. The van der Waals surface area contributed by atoms with Crippen LogP contribution >= 0.6 is 11.6 Å². The summed E-state index contributed by atoms with van der Waals surface area (Å²) in [5, 5.41) is 0.607. The number of benzene rings is 2. The summed E-state index contributed by atoms with van der Waals surface area (Å²) in [4.78, 5) is 30.5. The number of nitrogens with zero attached hydrogens (tertiary/aromatic N) is 3. The molecule has 176 valence electrons. The standard InChI is InChI=1S/C25H30ClN3O4/c1-17(2)32-22-6-4-5-19(15-22)24-23(16-27-11-13-28(14-12-27)18(3)30)33-25(31)29(24)21-9-7-20(26)8-10-21/h4-10,15,17,23-24H,11-14,16H2,1-3H3/t23-,24-/m0/s1. The summed E-state index contributed by atoms with van der Waals surface area (Å²) < 4.78 is 11.8. The van der Waals surface area contributed by atoms with Crippen LogP contribution in [0.2, 0.25) is 5.02 Å². The molecular weight excluding hydrogens is 442 g/mol. The van der Waals surface area contributed by atoms with Crippen molar-refractivity contribution in [3.63, 3.8) is 0 Å². The van der Waals surface area contributed by atoms with Gasteiger partial charge in [0, 0.05) is 50.4 Å². The van der Waals surface area contributed by atoms with Gasteiger partial charge in [0.2, 0.25) is 5.91 Å². The van der Waals surface area contributed by atoms with Crippen molar-refractivity contribution in [1.29, 1.82) is 0 Å². The van der Waals surface area contributed by atoms with Crippen LogP contribution in [0.3, 0.4) is 0 Å². The lowest BCUT2D eigenvalue weighted by Crippen LogP contribution is -2.50. The molecular formula is C25H30ClN3O4. The molecule has 2 saturated heterocycles. The first-order valence-corrected chi connectivity index (χ1v) is 11.7. The van der Waals surface area contributed by atoms with E-state index in [1.165, 1.54) is 0 Å². The maximum Gasteiger partial charge on any atom is 0.415 e. The van der Waals surface area contributed by atoms with Gasteiger partial charge < -0.3 is 14.4 Å². The number of carbonyl (C=O) groups excluding carboxylic acids is 2. The van der Waals surface area contributed by atoms with Crippen molar-refractivity contribution in [1.82, 2.24) is 9.80 Å². The van der Waals surface area contributed by atoms with Gasteiger partial charge in [0.1, 0.15) is 17.9 Å². The Morgan fingerprint density at radius 2 is 1.82 bits per heavy atom. The minimum atomic E-state index is -0.384. The number of hydrogen-bond donors (Lipinski definition) is 0. The summed E-state index contributed by atoms with van der Waals surface area (Å²) >= 11 is 6.08. The average Bonchev–Trinajstić information content (AvgIpc) is 3.10. The van der Waals surface area contributed by atoms with E-state index in [1.54, 1.807) is 24.0 Å². The molecule has 33 heavy (non-hydrogen) atoms. The lowest BCUT2D eigenvalue weighted by molar-refractivity contribution is -0.130. The van der Waals surface area contributed by atoms with E-state index in [0.717, 1.165) is 30.1 Å². The smallest absolute Gasteiger partial charge is 0.415 e. The Morgan fingerprint density at radius 1 is 1.12 bits per heavy atom. The molecule has 0 aliphatic carbocycles. The van der Waals surface area contributed by atoms with E-state index < -0.39 is 0 Å². The number of cyclic esters (lactones) is 1. The Labute approximate surface area is 199 Å². The normalized spacial score (nSPS) is 21.4. The minimum Gasteiger partial charge on any atom is -0.491 e. The van der Waals surface area contributed by atoms with E-state index in [9.17, 15) is 9.59 Å². The van der Waals surface area contributed by atoms with Crippen LogP contribution in [0.4, 0.5) is 10.5 Å². The lowest BCUT2D eigenvalue weighted by Gasteiger charge is -2.36. The van der Waals surface area contributed by atoms with E-state index >= 15 is 0 Å². The molecule has 0 radical (unpaired) electrons. The zero-order valence-electron chi connectivity index (χ0n) is 19.2. The molecule has 0 aromatic heterocycles. The fourth-order valence-electron chi connectivity index (χ4n) is 4.44. The number of halogens is 1. The molecule has 2 aromatic carbocycles. The first-order chi connectivity index (χ1) is 15.8. The molecule has 8 heteroatoms. The predicted molar refractivity (Wildman–Crippen MR) is 128 cm³/mol. The fourth-order valence-corrected chi connectivity index (χ4v) is 4.57. The Morgan fingerprint density at radius 3 is 2.45 bits per heavy atom. The summed E-state index contributed by atoms with van der Waals surface area (Å²) in [5.41, 5.74) is 1.68. The summed E-state index contributed by atoms with van der Waals surface area (Å²) in [5.74, 6) is 0.849. The molecule has 4 rings (SSSR count). The number of rotatable bonds is 6. The van der Waals surface area contributed by atoms with Gasteiger partial charge in [-0.25, -0.2) is 4.79 Å². The Kier molecular flexibility index (Phi) is 7.10. The summed E-state index contributed by atoms with van der Waals surface area (Å²) in [6.45, 7) is 9.01. The summed E-state index contributed by atoms with van der Waals surface area (Å²) in [6.07, 6.45) is -0.710. The van der Waals surface area contributed by atoms with E-state index in [2.05, 4.69) is 4.90 Å². The largest absolute Gasteiger partial charge is 0.491 e. The minimum absolute atomic E-state index is 0.0439. The van der Waals surface area contributed by atoms with Crippen LogP contribution < -0.4 is 9.64 Å². The monoisotopic (exact) mass is 471 g/mol. The highest BCUT2D eigenvalue weighted by atomic mass is 35.5. The Hall–Kier alpha value is -2.77. The zero-order chi connectivity index (χ0) is 23.5. The van der Waals surface area contributed by atoms with Gasteiger partial charge >= 0.3 is 6.09 Å². The van der Waals surface area contributed by atoms with E-state index in [0.29, 0.717) is 24.7 Å². The molecule has 0 unspecified atom stereocenters. The molecule has 2 heterocycles. The molecule has 2 aliphatic rings. The highest BCUT2D eigenvalue weighted by Gasteiger charge is 2.44. The van der Waals surface area contributed by atoms with Crippen molar-refractivity contribution in [3.8, 4) is 5.75 Å². The van der Waals surface area contributed by atoms with Crippen molar-refractivity contribution in [2.45, 2.75) is 39.0 Å². The molecule has 0 saturated carbocycles. The molecule has 0 N–H and O–H groups in total. The van der Waals surface area contributed by atoms with Gasteiger partial charge in [0.25, 0.3) is 0 Å². The summed E-state index contributed by atoms with van der Waals surface area (Å²) in [7, 11) is 0. The number of hydrogen-bond acceptors (Lipinski definition) is 5. The Bertz CT molecular complexity index is 989. The average molecular weight is 472 g/mol. The molecule has 2 amide bonds. The second-order valence-corrected chi connectivity index (χ2v) is 9.20. The predicted octanol–water partition coefficient (Wildman–Crippen LogP) is 4.36. The molecule has 0 spiro atoms. The van der Waals surface area contributed by atoms with Gasteiger partial charge in [0.15, 0.2) is 0 Å². The zero-order valence-corrected chi connectivity index (χ0v) is 20.0. The van der Waals surface area contributed by atoms with Crippen molar-refractivity contribution in [2.75, 3.05) is 37.6 Å². The van der Waals surface area contributed by atoms with Crippen molar-refractivity contribution < 1.29 is 19.1 Å². The van der Waals surface area contributed by atoms with E-state index in [-0.39, 0.29) is 30.3 Å². The van der Waals surface area contributed by atoms with Gasteiger partial charge in [-0.05, 0) is 55.8 Å². The van der Waals surface area contributed by atoms with Crippen LogP contribution in [0.5, 0.6) is 5.75 Å². The van der Waals surface area contributed by atoms with Crippen LogP contribution in [-0.4, -0.2) is 66.7 Å². The van der Waals surface area contributed by atoms with Gasteiger partial charge in [-0.3, -0.25) is 14.6 Å². The first kappa shape index (κ1) is 23.4. The second kappa shape index (κ2) is 10.0. The molecule has 2 atom stereocenters. The van der Waals surface area contributed by atoms with Gasteiger partial charge in [-0.15, -0.1) is 0 Å². The van der Waals surface area contributed by atoms with Crippen LogP contribution in [0, 0.1) is 0 Å². The third-order valence-corrected chi connectivity index (χ3v) is 6.26. The maximum absolute atomic E-state index is 13.1. The lowest BCUT2D eigenvalue weighted by atomic mass is 9.99. The fraction of sp³-hybridized carbons (Fsp3) is 0.440. The van der Waals surface area contributed by atoms with Gasteiger partial charge in [0.05, 0.1) is 6.10 Å². The van der Waals surface area contributed by atoms with Crippen molar-refractivity contribution in [3.05, 3.63) is 59.1 Å². The quantitative estimate of drug-likeness (QED) is 0.626. The molecule has 2 aromatic rings. The maximum atomic E-state index is 13.1. The summed E-state index contributed by atoms with van der Waals surface area (Å²) in [6, 6.07) is 14.7. The highest BCUT2D eigenvalue weighted by Crippen LogP contribution is 2.39. The third-order valence-electron chi connectivity index (χ3n) is 6.01. The van der Waals surface area contributed by atoms with Crippen molar-refractivity contribution >= 4 is 29.3 Å². The number of piperazine rings is 1. The Balaban J connectivity index is 1.62. The SMILES string of the molecule is CC(=O)N1CCN(C[C@@H]2OC(=O)N(c3ccc(Cl)cc3)[C@H]2c2cccc(OC(C)C)c2)CC1. The van der Waals surface area contributed by atoms with E-state index in [4.69, 9.17) is 21.1 Å². The van der Waals surface area contributed by atoms with Gasteiger partial charge in [-0.2, -0.15) is 0 Å². The molecule has 7 nitrogen and oxygen atoms in total. The van der Waals surface area contributed by atoms with Crippen LogP contribution in [0.25, 0.3) is 0 Å². The van der Waals surface area contributed by atoms with Crippen molar-refractivity contribution in [2.24, 2.45) is 0 Å². The van der Waals surface area contributed by atoms with Crippen LogP contribution in [0.15, 0.2) is 48.5 Å². The highest BCUT2D eigenvalue weighted by molar-refractivity contribution is 6.30. The molecule has 0 bridgehead atoms.